The SMILES string of the molecule is CCCNC(=S)NCCc1ccsc1. The molecule has 1 rings (SSSR count). The Morgan fingerprint density at radius 2 is 2.21 bits per heavy atom. The molecule has 0 saturated carbocycles. The van der Waals surface area contributed by atoms with Gasteiger partial charge >= 0.3 is 0 Å². The van der Waals surface area contributed by atoms with Crippen LogP contribution in [0, 0.1) is 0 Å². The molecule has 0 bridgehead atoms. The van der Waals surface area contributed by atoms with E-state index < -0.39 is 0 Å². The van der Waals surface area contributed by atoms with Crippen LogP contribution in [-0.2, 0) is 6.42 Å². The summed E-state index contributed by atoms with van der Waals surface area (Å²) in [5.41, 5.74) is 1.38. The van der Waals surface area contributed by atoms with Crippen LogP contribution < -0.4 is 10.6 Å². The van der Waals surface area contributed by atoms with E-state index in [1.165, 1.54) is 5.56 Å². The van der Waals surface area contributed by atoms with Crippen molar-refractivity contribution >= 4 is 28.7 Å². The van der Waals surface area contributed by atoms with E-state index >= 15 is 0 Å². The van der Waals surface area contributed by atoms with Crippen molar-refractivity contribution in [2.45, 2.75) is 19.8 Å². The number of hydrogen-bond donors (Lipinski definition) is 2. The maximum atomic E-state index is 5.09. The van der Waals surface area contributed by atoms with Gasteiger partial charge in [-0.25, -0.2) is 0 Å². The van der Waals surface area contributed by atoms with Crippen molar-refractivity contribution in [1.29, 1.82) is 0 Å². The Bertz CT molecular complexity index is 257. The number of thiophene rings is 1. The van der Waals surface area contributed by atoms with E-state index in [9.17, 15) is 0 Å². The van der Waals surface area contributed by atoms with Crippen LogP contribution in [0.2, 0.25) is 0 Å². The minimum atomic E-state index is 0.766. The molecule has 0 fully saturated rings. The second-order valence-electron chi connectivity index (χ2n) is 3.06. The van der Waals surface area contributed by atoms with Gasteiger partial charge in [0.05, 0.1) is 0 Å². The van der Waals surface area contributed by atoms with E-state index in [1.807, 2.05) is 0 Å². The zero-order valence-electron chi connectivity index (χ0n) is 8.38. The standard InChI is InChI=1S/C10H16N2S2/c1-2-5-11-10(13)12-6-3-9-4-7-14-8-9/h4,7-8H,2-3,5-6H2,1H3,(H2,11,12,13). The zero-order valence-corrected chi connectivity index (χ0v) is 10.0. The van der Waals surface area contributed by atoms with Crippen molar-refractivity contribution in [1.82, 2.24) is 10.6 Å². The summed E-state index contributed by atoms with van der Waals surface area (Å²) in [7, 11) is 0. The molecule has 1 aromatic heterocycles. The van der Waals surface area contributed by atoms with E-state index in [-0.39, 0.29) is 0 Å². The van der Waals surface area contributed by atoms with Gasteiger partial charge in [0, 0.05) is 13.1 Å². The third kappa shape index (κ3) is 4.58. The van der Waals surface area contributed by atoms with Crippen LogP contribution in [-0.4, -0.2) is 18.2 Å². The van der Waals surface area contributed by atoms with E-state index in [0.717, 1.165) is 31.0 Å². The summed E-state index contributed by atoms with van der Waals surface area (Å²) in [5, 5.41) is 11.4. The van der Waals surface area contributed by atoms with E-state index in [0.29, 0.717) is 0 Å². The van der Waals surface area contributed by atoms with Gasteiger partial charge in [0.2, 0.25) is 0 Å². The van der Waals surface area contributed by atoms with Crippen molar-refractivity contribution in [2.24, 2.45) is 0 Å². The van der Waals surface area contributed by atoms with Gasteiger partial charge in [0.25, 0.3) is 0 Å². The van der Waals surface area contributed by atoms with Gasteiger partial charge in [-0.3, -0.25) is 0 Å². The fourth-order valence-corrected chi connectivity index (χ4v) is 1.96. The first kappa shape index (κ1) is 11.5. The number of hydrogen-bond acceptors (Lipinski definition) is 2. The Morgan fingerprint density at radius 1 is 1.43 bits per heavy atom. The van der Waals surface area contributed by atoms with Crippen molar-refractivity contribution in [3.63, 3.8) is 0 Å². The zero-order chi connectivity index (χ0) is 10.2. The first-order valence-electron chi connectivity index (χ1n) is 4.85. The highest BCUT2D eigenvalue weighted by atomic mass is 32.1. The number of rotatable bonds is 5. The molecule has 1 heterocycles. The summed E-state index contributed by atoms with van der Waals surface area (Å²) in [6.07, 6.45) is 2.14. The quantitative estimate of drug-likeness (QED) is 0.755. The molecule has 2 nitrogen and oxygen atoms in total. The lowest BCUT2D eigenvalue weighted by Gasteiger charge is -2.08. The summed E-state index contributed by atoms with van der Waals surface area (Å²) in [6, 6.07) is 2.15. The van der Waals surface area contributed by atoms with Crippen molar-refractivity contribution in [3.8, 4) is 0 Å². The maximum absolute atomic E-state index is 5.09. The molecule has 0 aromatic carbocycles. The smallest absolute Gasteiger partial charge is 0.166 e. The highest BCUT2D eigenvalue weighted by molar-refractivity contribution is 7.80. The van der Waals surface area contributed by atoms with Crippen LogP contribution in [0.4, 0.5) is 0 Å². The molecular weight excluding hydrogens is 212 g/mol. The Kier molecular flexibility index (Phi) is 5.56. The van der Waals surface area contributed by atoms with Gasteiger partial charge in [0.1, 0.15) is 0 Å². The molecule has 14 heavy (non-hydrogen) atoms. The van der Waals surface area contributed by atoms with Gasteiger partial charge in [-0.15, -0.1) is 0 Å². The average molecular weight is 228 g/mol. The molecule has 1 aromatic rings. The predicted octanol–water partition coefficient (Wildman–Crippen LogP) is 2.16. The lowest BCUT2D eigenvalue weighted by Crippen LogP contribution is -2.36. The summed E-state index contributed by atoms with van der Waals surface area (Å²) in [4.78, 5) is 0. The molecule has 0 aliphatic heterocycles. The van der Waals surface area contributed by atoms with Gasteiger partial charge in [-0.1, -0.05) is 6.92 Å². The van der Waals surface area contributed by atoms with Gasteiger partial charge in [-0.2, -0.15) is 11.3 Å². The summed E-state index contributed by atoms with van der Waals surface area (Å²) < 4.78 is 0. The fourth-order valence-electron chi connectivity index (χ4n) is 1.06. The van der Waals surface area contributed by atoms with Crippen LogP contribution in [0.15, 0.2) is 16.8 Å². The summed E-state index contributed by atoms with van der Waals surface area (Å²) >= 11 is 6.83. The molecule has 78 valence electrons. The van der Waals surface area contributed by atoms with Crippen molar-refractivity contribution in [3.05, 3.63) is 22.4 Å². The molecule has 0 radical (unpaired) electrons. The third-order valence-corrected chi connectivity index (χ3v) is 2.84. The monoisotopic (exact) mass is 228 g/mol. The first-order chi connectivity index (χ1) is 6.83. The normalized spacial score (nSPS) is 9.79. The second-order valence-corrected chi connectivity index (χ2v) is 4.25. The molecule has 0 aliphatic rings. The van der Waals surface area contributed by atoms with Crippen molar-refractivity contribution < 1.29 is 0 Å². The average Bonchev–Trinajstić information content (AvgIpc) is 2.67. The molecule has 0 aliphatic carbocycles. The first-order valence-corrected chi connectivity index (χ1v) is 6.21. The van der Waals surface area contributed by atoms with Crippen LogP contribution in [0.25, 0.3) is 0 Å². The molecule has 0 amide bonds. The highest BCUT2D eigenvalue weighted by Gasteiger charge is 1.95. The minimum absolute atomic E-state index is 0.766. The van der Waals surface area contributed by atoms with Crippen LogP contribution in [0.1, 0.15) is 18.9 Å². The van der Waals surface area contributed by atoms with E-state index in [1.54, 1.807) is 11.3 Å². The van der Waals surface area contributed by atoms with Gasteiger partial charge in [-0.05, 0) is 47.4 Å². The minimum Gasteiger partial charge on any atom is -0.363 e. The van der Waals surface area contributed by atoms with Gasteiger partial charge in [0.15, 0.2) is 5.11 Å². The molecule has 0 spiro atoms. The predicted molar refractivity (Wildman–Crippen MR) is 66.9 cm³/mol. The lowest BCUT2D eigenvalue weighted by molar-refractivity contribution is 0.791. The van der Waals surface area contributed by atoms with Crippen LogP contribution in [0.3, 0.4) is 0 Å². The molecule has 2 N–H and O–H groups in total. The summed E-state index contributed by atoms with van der Waals surface area (Å²) in [6.45, 7) is 3.98. The fraction of sp³-hybridized carbons (Fsp3) is 0.500. The van der Waals surface area contributed by atoms with Crippen LogP contribution in [0.5, 0.6) is 0 Å². The van der Waals surface area contributed by atoms with E-state index in [4.69, 9.17) is 12.2 Å². The number of thiocarbonyl (C=S) groups is 1. The Hall–Kier alpha value is -0.610. The Balaban J connectivity index is 2.06. The maximum Gasteiger partial charge on any atom is 0.166 e. The number of nitrogens with one attached hydrogen (secondary N) is 2. The molecule has 0 atom stereocenters. The van der Waals surface area contributed by atoms with Gasteiger partial charge < -0.3 is 10.6 Å². The van der Waals surface area contributed by atoms with Crippen molar-refractivity contribution in [2.75, 3.05) is 13.1 Å². The summed E-state index contributed by atoms with van der Waals surface area (Å²) in [5.74, 6) is 0. The van der Waals surface area contributed by atoms with E-state index in [2.05, 4.69) is 34.4 Å². The lowest BCUT2D eigenvalue weighted by atomic mass is 10.2. The highest BCUT2D eigenvalue weighted by Crippen LogP contribution is 2.05. The largest absolute Gasteiger partial charge is 0.363 e. The molecule has 4 heteroatoms. The topological polar surface area (TPSA) is 24.1 Å². The Labute approximate surface area is 94.7 Å². The molecule has 0 unspecified atom stereocenters. The second kappa shape index (κ2) is 6.79. The van der Waals surface area contributed by atoms with Crippen LogP contribution >= 0.6 is 23.6 Å². The Morgan fingerprint density at radius 3 is 2.86 bits per heavy atom. The third-order valence-electron chi connectivity index (χ3n) is 1.81. The molecular formula is C10H16N2S2. The molecule has 0 saturated heterocycles.